The van der Waals surface area contributed by atoms with Crippen LogP contribution in [0.4, 0.5) is 10.5 Å². The first-order valence-electron chi connectivity index (χ1n) is 8.20. The Hall–Kier alpha value is -1.79. The summed E-state index contributed by atoms with van der Waals surface area (Å²) in [6, 6.07) is 8.04. The lowest BCUT2D eigenvalue weighted by atomic mass is 10.1. The molecule has 1 aliphatic rings. The lowest BCUT2D eigenvalue weighted by Crippen LogP contribution is -2.29. The average Bonchev–Trinajstić information content (AvgIpc) is 2.85. The highest BCUT2D eigenvalue weighted by atomic mass is 32.2. The first kappa shape index (κ1) is 18.5. The summed E-state index contributed by atoms with van der Waals surface area (Å²) in [6.07, 6.45) is 2.44. The fourth-order valence-electron chi connectivity index (χ4n) is 2.58. The highest BCUT2D eigenvalue weighted by Gasteiger charge is 2.34. The summed E-state index contributed by atoms with van der Waals surface area (Å²) < 4.78 is 4.97. The highest BCUT2D eigenvalue weighted by Crippen LogP contribution is 2.32. The summed E-state index contributed by atoms with van der Waals surface area (Å²) in [5, 5.41) is -0.206. The van der Waals surface area contributed by atoms with Gasteiger partial charge in [-0.15, -0.1) is 0 Å². The van der Waals surface area contributed by atoms with E-state index in [0.29, 0.717) is 24.5 Å². The number of hydrogen-bond acceptors (Lipinski definition) is 5. The zero-order valence-corrected chi connectivity index (χ0v) is 15.3. The van der Waals surface area contributed by atoms with Gasteiger partial charge in [0.1, 0.15) is 0 Å². The predicted molar refractivity (Wildman–Crippen MR) is 99.2 cm³/mol. The molecule has 1 aliphatic heterocycles. The Morgan fingerprint density at radius 2 is 1.83 bits per heavy atom. The molecule has 0 radical (unpaired) electrons. The lowest BCUT2D eigenvalue weighted by Gasteiger charge is -2.20. The Kier molecular flexibility index (Phi) is 6.87. The summed E-state index contributed by atoms with van der Waals surface area (Å²) in [4.78, 5) is 28.4. The van der Waals surface area contributed by atoms with Crippen molar-refractivity contribution >= 4 is 34.7 Å². The molecule has 5 nitrogen and oxygen atoms in total. The third-order valence-corrected chi connectivity index (χ3v) is 4.83. The molecule has 6 heteroatoms. The number of hydrogen-bond donors (Lipinski definition) is 0. The summed E-state index contributed by atoms with van der Waals surface area (Å²) in [5.41, 5.74) is 2.08. The van der Waals surface area contributed by atoms with E-state index in [4.69, 9.17) is 4.74 Å². The first-order chi connectivity index (χ1) is 11.6. The van der Waals surface area contributed by atoms with Crippen LogP contribution < -0.4 is 4.90 Å². The van der Waals surface area contributed by atoms with Crippen LogP contribution in [-0.4, -0.2) is 49.4 Å². The first-order valence-corrected chi connectivity index (χ1v) is 9.01. The Morgan fingerprint density at radius 3 is 2.42 bits per heavy atom. The summed E-state index contributed by atoms with van der Waals surface area (Å²) in [6.45, 7) is 7.09. The van der Waals surface area contributed by atoms with Crippen LogP contribution in [0, 0.1) is 0 Å². The second-order valence-electron chi connectivity index (χ2n) is 5.44. The van der Waals surface area contributed by atoms with Crippen molar-refractivity contribution in [2.45, 2.75) is 20.3 Å². The number of thioether (sulfide) groups is 1. The molecule has 1 aromatic rings. The second kappa shape index (κ2) is 8.89. The average molecular weight is 348 g/mol. The van der Waals surface area contributed by atoms with E-state index in [0.717, 1.165) is 36.1 Å². The van der Waals surface area contributed by atoms with Gasteiger partial charge in [-0.2, -0.15) is 0 Å². The number of benzene rings is 1. The summed E-state index contributed by atoms with van der Waals surface area (Å²) >= 11 is 1.00. The molecule has 1 saturated heterocycles. The van der Waals surface area contributed by atoms with E-state index >= 15 is 0 Å². The summed E-state index contributed by atoms with van der Waals surface area (Å²) in [5.74, 6) is -0.214. The number of nitrogens with zero attached hydrogens (tertiary/aromatic N) is 2. The van der Waals surface area contributed by atoms with E-state index in [1.54, 1.807) is 13.2 Å². The van der Waals surface area contributed by atoms with E-state index in [9.17, 15) is 9.59 Å². The van der Waals surface area contributed by atoms with Gasteiger partial charge in [0.2, 0.25) is 0 Å². The highest BCUT2D eigenvalue weighted by molar-refractivity contribution is 8.18. The molecule has 1 aromatic carbocycles. The molecule has 2 amide bonds. The van der Waals surface area contributed by atoms with Crippen molar-refractivity contribution < 1.29 is 14.3 Å². The fraction of sp³-hybridized carbons (Fsp3) is 0.444. The molecule has 0 aliphatic carbocycles. The van der Waals surface area contributed by atoms with E-state index in [1.807, 2.05) is 24.3 Å². The zero-order chi connectivity index (χ0) is 17.5. The van der Waals surface area contributed by atoms with Gasteiger partial charge in [-0.1, -0.05) is 12.1 Å². The smallest absolute Gasteiger partial charge is 0.293 e. The Labute approximate surface area is 147 Å². The topological polar surface area (TPSA) is 49.9 Å². The Bertz CT molecular complexity index is 609. The maximum absolute atomic E-state index is 12.3. The maximum Gasteiger partial charge on any atom is 0.293 e. The number of methoxy groups -OCH3 is 1. The molecule has 0 bridgehead atoms. The van der Waals surface area contributed by atoms with Crippen LogP contribution in [0.1, 0.15) is 25.8 Å². The van der Waals surface area contributed by atoms with Gasteiger partial charge in [0.25, 0.3) is 11.1 Å². The van der Waals surface area contributed by atoms with E-state index in [1.165, 1.54) is 4.90 Å². The molecule has 0 spiro atoms. The van der Waals surface area contributed by atoms with Gasteiger partial charge < -0.3 is 9.64 Å². The van der Waals surface area contributed by atoms with Crippen LogP contribution in [-0.2, 0) is 9.53 Å². The van der Waals surface area contributed by atoms with Gasteiger partial charge in [0.15, 0.2) is 0 Å². The minimum Gasteiger partial charge on any atom is -0.385 e. The molecule has 1 fully saturated rings. The molecule has 0 aromatic heterocycles. The predicted octanol–water partition coefficient (Wildman–Crippen LogP) is 3.61. The van der Waals surface area contributed by atoms with Crippen LogP contribution in [0.5, 0.6) is 0 Å². The number of ether oxygens (including phenoxy) is 1. The molecular formula is C18H24N2O3S. The molecule has 24 heavy (non-hydrogen) atoms. The quantitative estimate of drug-likeness (QED) is 0.531. The van der Waals surface area contributed by atoms with Gasteiger partial charge in [0.05, 0.1) is 4.91 Å². The monoisotopic (exact) mass is 348 g/mol. The normalized spacial score (nSPS) is 16.3. The van der Waals surface area contributed by atoms with Gasteiger partial charge in [-0.3, -0.25) is 14.5 Å². The number of carbonyl (C=O) groups is 2. The van der Waals surface area contributed by atoms with Crippen LogP contribution in [0.3, 0.4) is 0 Å². The van der Waals surface area contributed by atoms with Crippen molar-refractivity contribution in [2.75, 3.05) is 38.3 Å². The largest absolute Gasteiger partial charge is 0.385 e. The lowest BCUT2D eigenvalue weighted by molar-refractivity contribution is -0.122. The van der Waals surface area contributed by atoms with E-state index in [2.05, 4.69) is 18.7 Å². The van der Waals surface area contributed by atoms with Crippen molar-refractivity contribution in [1.29, 1.82) is 0 Å². The van der Waals surface area contributed by atoms with E-state index in [-0.39, 0.29) is 11.1 Å². The van der Waals surface area contributed by atoms with Gasteiger partial charge >= 0.3 is 0 Å². The van der Waals surface area contributed by atoms with Crippen molar-refractivity contribution in [1.82, 2.24) is 4.90 Å². The number of rotatable bonds is 8. The third-order valence-electron chi connectivity index (χ3n) is 3.92. The third kappa shape index (κ3) is 4.39. The fourth-order valence-corrected chi connectivity index (χ4v) is 3.45. The van der Waals surface area contributed by atoms with Crippen molar-refractivity contribution in [3.05, 3.63) is 34.7 Å². The number of carbonyl (C=O) groups excluding carboxylic acids is 2. The minimum absolute atomic E-state index is 0.206. The number of amides is 2. The van der Waals surface area contributed by atoms with Crippen LogP contribution >= 0.6 is 11.8 Å². The molecule has 130 valence electrons. The molecule has 0 unspecified atom stereocenters. The van der Waals surface area contributed by atoms with Crippen LogP contribution in [0.15, 0.2) is 29.2 Å². The van der Waals surface area contributed by atoms with E-state index < -0.39 is 0 Å². The maximum atomic E-state index is 12.3. The number of anilines is 1. The minimum atomic E-state index is -0.214. The zero-order valence-electron chi connectivity index (χ0n) is 14.4. The van der Waals surface area contributed by atoms with Gasteiger partial charge in [-0.25, -0.2) is 0 Å². The summed E-state index contributed by atoms with van der Waals surface area (Å²) in [7, 11) is 1.61. The molecule has 1 heterocycles. The van der Waals surface area contributed by atoms with Gasteiger partial charge in [-0.05, 0) is 55.8 Å². The molecular weight excluding hydrogens is 324 g/mol. The van der Waals surface area contributed by atoms with Crippen molar-refractivity contribution in [3.63, 3.8) is 0 Å². The molecule has 0 atom stereocenters. The molecule has 0 N–H and O–H groups in total. The second-order valence-corrected chi connectivity index (χ2v) is 6.44. The standard InChI is InChI=1S/C18H24N2O3S/c1-4-19(5-2)15-9-7-14(8-10-15)13-16-17(21)20(18(22)24-16)11-6-12-23-3/h7-10,13H,4-6,11-12H2,1-3H3/b16-13+. The van der Waals surface area contributed by atoms with Crippen LogP contribution in [0.25, 0.3) is 6.08 Å². The van der Waals surface area contributed by atoms with Gasteiger partial charge in [0, 0.05) is 39.0 Å². The Balaban J connectivity index is 2.08. The van der Waals surface area contributed by atoms with Crippen LogP contribution in [0.2, 0.25) is 0 Å². The molecule has 0 saturated carbocycles. The van der Waals surface area contributed by atoms with Crippen molar-refractivity contribution in [2.24, 2.45) is 0 Å². The van der Waals surface area contributed by atoms with Crippen molar-refractivity contribution in [3.8, 4) is 0 Å². The SMILES string of the molecule is CCN(CC)c1ccc(/C=C2/SC(=O)N(CCCOC)C2=O)cc1. The molecule has 2 rings (SSSR count). The number of imide groups is 1. The Morgan fingerprint density at radius 1 is 1.17 bits per heavy atom.